The lowest BCUT2D eigenvalue weighted by atomic mass is 10.1. The third kappa shape index (κ3) is 4.70. The summed E-state index contributed by atoms with van der Waals surface area (Å²) in [4.78, 5) is 9.24. The number of halogens is 1. The number of benzene rings is 2. The molecule has 3 rings (SSSR count). The quantitative estimate of drug-likeness (QED) is 0.627. The van der Waals surface area contributed by atoms with Gasteiger partial charge in [-0.3, -0.25) is 0 Å². The van der Waals surface area contributed by atoms with E-state index >= 15 is 0 Å². The lowest BCUT2D eigenvalue weighted by Crippen LogP contribution is -2.26. The molecular weight excluding hydrogens is 332 g/mol. The van der Waals surface area contributed by atoms with Gasteiger partial charge in [0.15, 0.2) is 0 Å². The molecule has 0 saturated heterocycles. The average molecular weight is 353 g/mol. The van der Waals surface area contributed by atoms with E-state index < -0.39 is 0 Å². The minimum absolute atomic E-state index is 0.107. The Morgan fingerprint density at radius 2 is 1.56 bits per heavy atom. The van der Waals surface area contributed by atoms with Crippen LogP contribution in [0.1, 0.15) is 20.8 Å². The maximum Gasteiger partial charge on any atom is 0.229 e. The van der Waals surface area contributed by atoms with Gasteiger partial charge < -0.3 is 10.6 Å². The van der Waals surface area contributed by atoms with E-state index in [1.54, 1.807) is 0 Å². The Hall–Kier alpha value is -2.59. The van der Waals surface area contributed by atoms with E-state index in [0.717, 1.165) is 22.8 Å². The minimum atomic E-state index is -0.107. The van der Waals surface area contributed by atoms with Crippen LogP contribution in [0.2, 0.25) is 5.02 Å². The lowest BCUT2D eigenvalue weighted by molar-refractivity contribution is 0.630. The molecule has 128 valence electrons. The van der Waals surface area contributed by atoms with E-state index in [-0.39, 0.29) is 5.54 Å². The first kappa shape index (κ1) is 17.2. The highest BCUT2D eigenvalue weighted by Gasteiger charge is 2.14. The summed E-state index contributed by atoms with van der Waals surface area (Å²) in [6.07, 6.45) is 0. The van der Waals surface area contributed by atoms with Crippen molar-refractivity contribution in [2.24, 2.45) is 0 Å². The Morgan fingerprint density at radius 1 is 0.880 bits per heavy atom. The van der Waals surface area contributed by atoms with E-state index in [0.29, 0.717) is 11.0 Å². The SMILES string of the molecule is CC(C)(C)Nc1cc(-c2ccccc2)nc(Nc2ccccc2Cl)n1. The Bertz CT molecular complexity index is 857. The van der Waals surface area contributed by atoms with E-state index in [1.807, 2.05) is 60.7 Å². The molecule has 1 heterocycles. The first-order valence-electron chi connectivity index (χ1n) is 8.15. The molecule has 1 aromatic heterocycles. The Morgan fingerprint density at radius 3 is 2.24 bits per heavy atom. The van der Waals surface area contributed by atoms with E-state index in [9.17, 15) is 0 Å². The minimum Gasteiger partial charge on any atom is -0.365 e. The zero-order valence-electron chi connectivity index (χ0n) is 14.5. The molecule has 0 unspecified atom stereocenters. The molecule has 0 aliphatic rings. The van der Waals surface area contributed by atoms with Crippen molar-refractivity contribution in [1.82, 2.24) is 9.97 Å². The molecular formula is C20H21ClN4. The van der Waals surface area contributed by atoms with Gasteiger partial charge in [0.25, 0.3) is 0 Å². The Kier molecular flexibility index (Phi) is 4.91. The predicted molar refractivity (Wildman–Crippen MR) is 106 cm³/mol. The summed E-state index contributed by atoms with van der Waals surface area (Å²) < 4.78 is 0. The fourth-order valence-electron chi connectivity index (χ4n) is 2.39. The zero-order valence-corrected chi connectivity index (χ0v) is 15.3. The fraction of sp³-hybridized carbons (Fsp3) is 0.200. The molecule has 3 aromatic rings. The molecule has 2 aromatic carbocycles. The first-order chi connectivity index (χ1) is 11.9. The number of nitrogens with zero attached hydrogens (tertiary/aromatic N) is 2. The third-order valence-corrected chi connectivity index (χ3v) is 3.75. The molecule has 25 heavy (non-hydrogen) atoms. The first-order valence-corrected chi connectivity index (χ1v) is 8.53. The molecule has 0 atom stereocenters. The smallest absolute Gasteiger partial charge is 0.229 e. The van der Waals surface area contributed by atoms with Gasteiger partial charge in [0.05, 0.1) is 16.4 Å². The average Bonchev–Trinajstić information content (AvgIpc) is 2.56. The van der Waals surface area contributed by atoms with Gasteiger partial charge in [-0.25, -0.2) is 4.98 Å². The van der Waals surface area contributed by atoms with Crippen LogP contribution >= 0.6 is 11.6 Å². The number of rotatable bonds is 4. The molecule has 0 radical (unpaired) electrons. The highest BCUT2D eigenvalue weighted by Crippen LogP contribution is 2.27. The van der Waals surface area contributed by atoms with Crippen molar-refractivity contribution < 1.29 is 0 Å². The van der Waals surface area contributed by atoms with Gasteiger partial charge in [-0.2, -0.15) is 4.98 Å². The Labute approximate surface area is 153 Å². The van der Waals surface area contributed by atoms with Crippen LogP contribution in [0.25, 0.3) is 11.3 Å². The van der Waals surface area contributed by atoms with Crippen LogP contribution in [-0.4, -0.2) is 15.5 Å². The van der Waals surface area contributed by atoms with Crippen LogP contribution in [0.3, 0.4) is 0 Å². The molecule has 0 fully saturated rings. The summed E-state index contributed by atoms with van der Waals surface area (Å²) in [5.41, 5.74) is 2.54. The van der Waals surface area contributed by atoms with E-state index in [2.05, 4.69) is 41.4 Å². The van der Waals surface area contributed by atoms with Crippen LogP contribution < -0.4 is 10.6 Å². The molecule has 0 bridgehead atoms. The maximum atomic E-state index is 6.24. The van der Waals surface area contributed by atoms with Crippen molar-refractivity contribution in [3.63, 3.8) is 0 Å². The summed E-state index contributed by atoms with van der Waals surface area (Å²) in [6, 6.07) is 19.5. The summed E-state index contributed by atoms with van der Waals surface area (Å²) in [5, 5.41) is 7.25. The van der Waals surface area contributed by atoms with Gasteiger partial charge >= 0.3 is 0 Å². The number of aromatic nitrogens is 2. The van der Waals surface area contributed by atoms with Crippen molar-refractivity contribution in [2.45, 2.75) is 26.3 Å². The maximum absolute atomic E-state index is 6.24. The topological polar surface area (TPSA) is 49.8 Å². The van der Waals surface area contributed by atoms with Crippen LogP contribution in [0.4, 0.5) is 17.5 Å². The van der Waals surface area contributed by atoms with Crippen molar-refractivity contribution in [2.75, 3.05) is 10.6 Å². The monoisotopic (exact) mass is 352 g/mol. The molecule has 0 amide bonds. The normalized spacial score (nSPS) is 11.2. The lowest BCUT2D eigenvalue weighted by Gasteiger charge is -2.22. The second kappa shape index (κ2) is 7.11. The van der Waals surface area contributed by atoms with Crippen molar-refractivity contribution in [3.05, 3.63) is 65.7 Å². The Balaban J connectivity index is 2.02. The number of nitrogens with one attached hydrogen (secondary N) is 2. The molecule has 4 nitrogen and oxygen atoms in total. The van der Waals surface area contributed by atoms with Crippen molar-refractivity contribution in [3.8, 4) is 11.3 Å². The summed E-state index contributed by atoms with van der Waals surface area (Å²) >= 11 is 6.24. The summed E-state index contributed by atoms with van der Waals surface area (Å²) in [7, 11) is 0. The van der Waals surface area contributed by atoms with Crippen LogP contribution in [0.5, 0.6) is 0 Å². The van der Waals surface area contributed by atoms with Gasteiger partial charge in [0.1, 0.15) is 5.82 Å². The molecule has 0 aliphatic heterocycles. The third-order valence-electron chi connectivity index (χ3n) is 3.42. The number of hydrogen-bond acceptors (Lipinski definition) is 4. The van der Waals surface area contributed by atoms with Gasteiger partial charge in [-0.15, -0.1) is 0 Å². The second-order valence-electron chi connectivity index (χ2n) is 6.81. The van der Waals surface area contributed by atoms with Crippen LogP contribution in [-0.2, 0) is 0 Å². The van der Waals surface area contributed by atoms with Gasteiger partial charge in [0.2, 0.25) is 5.95 Å². The van der Waals surface area contributed by atoms with Crippen molar-refractivity contribution >= 4 is 29.1 Å². The molecule has 5 heteroatoms. The van der Waals surface area contributed by atoms with E-state index in [4.69, 9.17) is 11.6 Å². The second-order valence-corrected chi connectivity index (χ2v) is 7.22. The number of hydrogen-bond donors (Lipinski definition) is 2. The highest BCUT2D eigenvalue weighted by molar-refractivity contribution is 6.33. The molecule has 0 aliphatic carbocycles. The van der Waals surface area contributed by atoms with Crippen molar-refractivity contribution in [1.29, 1.82) is 0 Å². The van der Waals surface area contributed by atoms with Crippen LogP contribution in [0, 0.1) is 0 Å². The summed E-state index contributed by atoms with van der Waals surface area (Å²) in [5.74, 6) is 1.26. The predicted octanol–water partition coefficient (Wildman–Crippen LogP) is 5.75. The fourth-order valence-corrected chi connectivity index (χ4v) is 2.57. The largest absolute Gasteiger partial charge is 0.365 e. The molecule has 2 N–H and O–H groups in total. The standard InChI is InChI=1S/C20H21ClN4/c1-20(2,3)25-18-13-17(14-9-5-4-6-10-14)23-19(24-18)22-16-12-8-7-11-15(16)21/h4-13H,1-3H3,(H2,22,23,24,25). The molecule has 0 spiro atoms. The highest BCUT2D eigenvalue weighted by atomic mass is 35.5. The van der Waals surface area contributed by atoms with Gasteiger partial charge in [-0.1, -0.05) is 54.1 Å². The number of anilines is 3. The van der Waals surface area contributed by atoms with Gasteiger partial charge in [0, 0.05) is 17.2 Å². The van der Waals surface area contributed by atoms with Gasteiger partial charge in [-0.05, 0) is 32.9 Å². The number of para-hydroxylation sites is 1. The molecule has 0 saturated carbocycles. The van der Waals surface area contributed by atoms with E-state index in [1.165, 1.54) is 0 Å². The zero-order chi connectivity index (χ0) is 17.9. The van der Waals surface area contributed by atoms with Crippen LogP contribution in [0.15, 0.2) is 60.7 Å². The summed E-state index contributed by atoms with van der Waals surface area (Å²) in [6.45, 7) is 6.29.